The molecule has 0 bridgehead atoms. The van der Waals surface area contributed by atoms with Crippen LogP contribution in [0.4, 0.5) is 0 Å². The van der Waals surface area contributed by atoms with E-state index in [-0.39, 0.29) is 10.8 Å². The molecule has 0 aromatic rings. The molecule has 2 heteroatoms. The SMILES string of the molecule is CC12CC(=O)C3C(CCC4CCCCC43C)C1CC/C2=C/C#N. The van der Waals surface area contributed by atoms with E-state index in [0.717, 1.165) is 12.3 Å². The fourth-order valence-corrected chi connectivity index (χ4v) is 7.27. The molecule has 0 aliphatic heterocycles. The maximum absolute atomic E-state index is 13.3. The van der Waals surface area contributed by atoms with Gasteiger partial charge in [0.25, 0.3) is 0 Å². The van der Waals surface area contributed by atoms with E-state index in [1.54, 1.807) is 6.08 Å². The van der Waals surface area contributed by atoms with Crippen LogP contribution in [-0.4, -0.2) is 5.78 Å². The molecule has 4 saturated carbocycles. The molecule has 4 aliphatic rings. The molecule has 4 rings (SSSR count). The number of nitrogens with zero attached hydrogens (tertiary/aromatic N) is 1. The first kappa shape index (κ1) is 15.4. The molecule has 23 heavy (non-hydrogen) atoms. The lowest BCUT2D eigenvalue weighted by molar-refractivity contribution is -0.153. The van der Waals surface area contributed by atoms with Crippen molar-refractivity contribution in [3.8, 4) is 6.07 Å². The lowest BCUT2D eigenvalue weighted by Crippen LogP contribution is -2.56. The van der Waals surface area contributed by atoms with E-state index in [4.69, 9.17) is 5.26 Å². The van der Waals surface area contributed by atoms with E-state index < -0.39 is 0 Å². The summed E-state index contributed by atoms with van der Waals surface area (Å²) in [6.07, 6.45) is 12.5. The Morgan fingerprint density at radius 2 is 2.00 bits per heavy atom. The van der Waals surface area contributed by atoms with Crippen molar-refractivity contribution in [1.29, 1.82) is 5.26 Å². The maximum atomic E-state index is 13.3. The summed E-state index contributed by atoms with van der Waals surface area (Å²) in [7, 11) is 0. The third-order valence-corrected chi connectivity index (χ3v) is 8.36. The lowest BCUT2D eigenvalue weighted by Gasteiger charge is -2.59. The first-order valence-electron chi connectivity index (χ1n) is 9.62. The summed E-state index contributed by atoms with van der Waals surface area (Å²) in [5, 5.41) is 9.11. The molecule has 2 nitrogen and oxygen atoms in total. The molecule has 0 spiro atoms. The van der Waals surface area contributed by atoms with Gasteiger partial charge in [0.05, 0.1) is 6.07 Å². The average Bonchev–Trinajstić information content (AvgIpc) is 2.83. The summed E-state index contributed by atoms with van der Waals surface area (Å²) < 4.78 is 0. The molecule has 0 N–H and O–H groups in total. The van der Waals surface area contributed by atoms with Gasteiger partial charge in [0, 0.05) is 18.4 Å². The minimum atomic E-state index is -0.0220. The Morgan fingerprint density at radius 3 is 2.78 bits per heavy atom. The van der Waals surface area contributed by atoms with Crippen molar-refractivity contribution < 1.29 is 4.79 Å². The van der Waals surface area contributed by atoms with Gasteiger partial charge in [-0.25, -0.2) is 0 Å². The molecule has 6 atom stereocenters. The van der Waals surface area contributed by atoms with Gasteiger partial charge in [-0.15, -0.1) is 0 Å². The van der Waals surface area contributed by atoms with Crippen molar-refractivity contribution in [3.05, 3.63) is 11.6 Å². The summed E-state index contributed by atoms with van der Waals surface area (Å²) in [6.45, 7) is 4.71. The summed E-state index contributed by atoms with van der Waals surface area (Å²) in [6, 6.07) is 2.23. The highest BCUT2D eigenvalue weighted by Gasteiger charge is 2.61. The number of Topliss-reactive ketones (excluding diaryl/α,β-unsaturated/α-hetero) is 1. The van der Waals surface area contributed by atoms with Crippen LogP contribution in [0.1, 0.15) is 71.6 Å². The van der Waals surface area contributed by atoms with Gasteiger partial charge in [-0.05, 0) is 67.1 Å². The van der Waals surface area contributed by atoms with Crippen LogP contribution in [-0.2, 0) is 4.79 Å². The van der Waals surface area contributed by atoms with Crippen molar-refractivity contribution in [2.75, 3.05) is 0 Å². The number of carbonyl (C=O) groups is 1. The normalized spacial score (nSPS) is 50.8. The Balaban J connectivity index is 1.72. The molecule has 6 unspecified atom stereocenters. The highest BCUT2D eigenvalue weighted by Crippen LogP contribution is 2.66. The van der Waals surface area contributed by atoms with Gasteiger partial charge >= 0.3 is 0 Å². The summed E-state index contributed by atoms with van der Waals surface area (Å²) in [5.41, 5.74) is 1.50. The van der Waals surface area contributed by atoms with E-state index in [1.165, 1.54) is 50.5 Å². The molecular weight excluding hydrogens is 282 g/mol. The third kappa shape index (κ3) is 2.01. The molecule has 124 valence electrons. The molecule has 0 aromatic carbocycles. The predicted molar refractivity (Wildman–Crippen MR) is 90.4 cm³/mol. The van der Waals surface area contributed by atoms with Crippen LogP contribution in [0.3, 0.4) is 0 Å². The van der Waals surface area contributed by atoms with Gasteiger partial charge in [0.2, 0.25) is 0 Å². The predicted octanol–water partition coefficient (Wildman–Crippen LogP) is 5.05. The Hall–Kier alpha value is -1.10. The number of nitriles is 1. The minimum absolute atomic E-state index is 0.0220. The smallest absolute Gasteiger partial charge is 0.137 e. The zero-order chi connectivity index (χ0) is 16.2. The van der Waals surface area contributed by atoms with Gasteiger partial charge in [-0.3, -0.25) is 4.79 Å². The van der Waals surface area contributed by atoms with Gasteiger partial charge in [-0.1, -0.05) is 32.3 Å². The van der Waals surface area contributed by atoms with Crippen molar-refractivity contribution in [2.24, 2.45) is 34.5 Å². The topological polar surface area (TPSA) is 40.9 Å². The first-order valence-corrected chi connectivity index (χ1v) is 9.62. The third-order valence-electron chi connectivity index (χ3n) is 8.36. The van der Waals surface area contributed by atoms with E-state index in [1.807, 2.05) is 0 Å². The van der Waals surface area contributed by atoms with E-state index >= 15 is 0 Å². The van der Waals surface area contributed by atoms with E-state index in [9.17, 15) is 4.79 Å². The van der Waals surface area contributed by atoms with Crippen LogP contribution in [0.15, 0.2) is 11.6 Å². The van der Waals surface area contributed by atoms with Gasteiger partial charge in [0.1, 0.15) is 5.78 Å². The van der Waals surface area contributed by atoms with E-state index in [0.29, 0.717) is 30.0 Å². The van der Waals surface area contributed by atoms with Crippen molar-refractivity contribution in [1.82, 2.24) is 0 Å². The van der Waals surface area contributed by atoms with E-state index in [2.05, 4.69) is 19.9 Å². The maximum Gasteiger partial charge on any atom is 0.137 e. The second-order valence-electron chi connectivity index (χ2n) is 9.17. The molecule has 4 aliphatic carbocycles. The fourth-order valence-electron chi connectivity index (χ4n) is 7.27. The molecule has 4 fully saturated rings. The number of carbonyl (C=O) groups excluding carboxylic acids is 1. The average molecular weight is 311 g/mol. The minimum Gasteiger partial charge on any atom is -0.299 e. The van der Waals surface area contributed by atoms with Crippen molar-refractivity contribution in [3.63, 3.8) is 0 Å². The number of ketones is 1. The molecular formula is C21H29NO. The number of rotatable bonds is 0. The van der Waals surface area contributed by atoms with Crippen LogP contribution < -0.4 is 0 Å². The van der Waals surface area contributed by atoms with Gasteiger partial charge in [0.15, 0.2) is 0 Å². The molecule has 0 amide bonds. The molecule has 0 radical (unpaired) electrons. The standard InChI is InChI=1S/C21H29NO/c1-20-11-4-3-5-14(20)6-8-16-17-9-7-15(10-12-22)21(17,2)13-18(23)19(16)20/h10,14,16-17,19H,3-9,11,13H2,1-2H3/b15-10-. The lowest BCUT2D eigenvalue weighted by atomic mass is 9.45. The second kappa shape index (κ2) is 5.20. The zero-order valence-corrected chi connectivity index (χ0v) is 14.6. The Kier molecular flexibility index (Phi) is 3.49. The monoisotopic (exact) mass is 311 g/mol. The highest BCUT2D eigenvalue weighted by molar-refractivity contribution is 5.85. The van der Waals surface area contributed by atoms with Crippen LogP contribution in [0.25, 0.3) is 0 Å². The number of fused-ring (bicyclic) bond motifs is 5. The molecule has 0 aromatic heterocycles. The Labute approximate surface area is 140 Å². The number of hydrogen-bond acceptors (Lipinski definition) is 2. The van der Waals surface area contributed by atoms with Gasteiger partial charge < -0.3 is 0 Å². The summed E-state index contributed by atoms with van der Waals surface area (Å²) in [5.74, 6) is 2.81. The number of hydrogen-bond donors (Lipinski definition) is 0. The van der Waals surface area contributed by atoms with Crippen LogP contribution >= 0.6 is 0 Å². The molecule has 0 saturated heterocycles. The summed E-state index contributed by atoms with van der Waals surface area (Å²) >= 11 is 0. The van der Waals surface area contributed by atoms with Gasteiger partial charge in [-0.2, -0.15) is 5.26 Å². The number of allylic oxidation sites excluding steroid dienone is 2. The van der Waals surface area contributed by atoms with Crippen molar-refractivity contribution >= 4 is 5.78 Å². The van der Waals surface area contributed by atoms with Crippen molar-refractivity contribution in [2.45, 2.75) is 71.6 Å². The largest absolute Gasteiger partial charge is 0.299 e. The second-order valence-corrected chi connectivity index (χ2v) is 9.17. The Bertz CT molecular complexity index is 599. The Morgan fingerprint density at radius 1 is 1.17 bits per heavy atom. The first-order chi connectivity index (χ1) is 11.0. The fraction of sp³-hybridized carbons (Fsp3) is 0.810. The quantitative estimate of drug-likeness (QED) is 0.587. The molecule has 0 heterocycles. The van der Waals surface area contributed by atoms with Crippen LogP contribution in [0, 0.1) is 45.8 Å². The zero-order valence-electron chi connectivity index (χ0n) is 14.6. The highest BCUT2D eigenvalue weighted by atomic mass is 16.1. The van der Waals surface area contributed by atoms with Crippen LogP contribution in [0.2, 0.25) is 0 Å². The summed E-state index contributed by atoms with van der Waals surface area (Å²) in [4.78, 5) is 13.3. The van der Waals surface area contributed by atoms with Crippen LogP contribution in [0.5, 0.6) is 0 Å².